The summed E-state index contributed by atoms with van der Waals surface area (Å²) < 4.78 is 33.8. The third kappa shape index (κ3) is 3.98. The van der Waals surface area contributed by atoms with Crippen LogP contribution in [0.4, 0.5) is 14.5 Å². The van der Waals surface area contributed by atoms with E-state index in [-0.39, 0.29) is 6.61 Å². The van der Waals surface area contributed by atoms with Crippen LogP contribution in [-0.4, -0.2) is 29.8 Å². The lowest BCUT2D eigenvalue weighted by Crippen LogP contribution is -2.07. The second-order valence-electron chi connectivity index (χ2n) is 4.77. The summed E-state index contributed by atoms with van der Waals surface area (Å²) in [5.41, 5.74) is 9.25. The van der Waals surface area contributed by atoms with Gasteiger partial charge in [0.15, 0.2) is 5.82 Å². The predicted octanol–water partition coefficient (Wildman–Crippen LogP) is 2.76. The molecule has 7 heteroatoms. The van der Waals surface area contributed by atoms with Crippen molar-refractivity contribution in [1.82, 2.24) is 10.1 Å². The molecule has 1 heterocycles. The average molecular weight is 297 g/mol. The normalized spacial score (nSPS) is 11.3. The van der Waals surface area contributed by atoms with Crippen LogP contribution in [0.25, 0.3) is 11.5 Å². The number of nitrogens with two attached hydrogens (primary N) is 1. The molecule has 2 N–H and O–H groups in total. The van der Waals surface area contributed by atoms with Crippen molar-refractivity contribution < 1.29 is 18.0 Å². The second-order valence-corrected chi connectivity index (χ2v) is 4.77. The van der Waals surface area contributed by atoms with Gasteiger partial charge in [-0.15, -0.1) is 0 Å². The van der Waals surface area contributed by atoms with Crippen molar-refractivity contribution >= 4 is 5.69 Å². The van der Waals surface area contributed by atoms with Crippen molar-refractivity contribution in [2.45, 2.75) is 26.7 Å². The smallest absolute Gasteiger partial charge is 0.261 e. The lowest BCUT2D eigenvalue weighted by atomic mass is 10.0. The number of anilines is 1. The van der Waals surface area contributed by atoms with Gasteiger partial charge in [-0.05, 0) is 31.0 Å². The van der Waals surface area contributed by atoms with Gasteiger partial charge in [0.2, 0.25) is 0 Å². The largest absolute Gasteiger partial charge is 0.398 e. The molecule has 1 aromatic heterocycles. The highest BCUT2D eigenvalue weighted by molar-refractivity contribution is 5.74. The molecule has 0 bridgehead atoms. The Labute approximate surface area is 121 Å². The fourth-order valence-corrected chi connectivity index (χ4v) is 1.96. The number of hydrogen-bond donors (Lipinski definition) is 1. The molecular weight excluding hydrogens is 280 g/mol. The molecule has 0 fully saturated rings. The molecule has 0 saturated carbocycles. The predicted molar refractivity (Wildman–Crippen MR) is 74.1 cm³/mol. The van der Waals surface area contributed by atoms with E-state index in [9.17, 15) is 8.78 Å². The summed E-state index contributed by atoms with van der Waals surface area (Å²) in [6, 6.07) is 3.83. The third-order valence-corrected chi connectivity index (χ3v) is 2.94. The highest BCUT2D eigenvalue weighted by Gasteiger charge is 2.14. The summed E-state index contributed by atoms with van der Waals surface area (Å²) in [7, 11) is 0. The van der Waals surface area contributed by atoms with Crippen molar-refractivity contribution in [1.29, 1.82) is 0 Å². The molecular formula is C14H17F2N3O2. The maximum atomic E-state index is 11.9. The number of halogens is 2. The standard InChI is InChI=1S/C14H17F2N3O2/c1-8-5-9(2)13(17)10(6-8)14-18-12(19-21-14)3-4-20-7-11(15)16/h5-6,11H,3-4,7,17H2,1-2H3. The summed E-state index contributed by atoms with van der Waals surface area (Å²) in [6.45, 7) is 3.38. The van der Waals surface area contributed by atoms with E-state index in [2.05, 4.69) is 10.1 Å². The minimum atomic E-state index is -2.47. The lowest BCUT2D eigenvalue weighted by Gasteiger charge is -2.06. The summed E-state index contributed by atoms with van der Waals surface area (Å²) in [6.07, 6.45) is -2.16. The number of rotatable bonds is 6. The van der Waals surface area contributed by atoms with E-state index in [0.717, 1.165) is 11.1 Å². The van der Waals surface area contributed by atoms with Gasteiger partial charge in [-0.3, -0.25) is 0 Å². The van der Waals surface area contributed by atoms with E-state index in [1.807, 2.05) is 26.0 Å². The van der Waals surface area contributed by atoms with Crippen molar-refractivity contribution in [2.75, 3.05) is 18.9 Å². The SMILES string of the molecule is Cc1cc(C)c(N)c(-c2nc(CCOCC(F)F)no2)c1. The number of hydrogen-bond acceptors (Lipinski definition) is 5. The molecule has 0 saturated heterocycles. The molecule has 0 aliphatic rings. The van der Waals surface area contributed by atoms with Gasteiger partial charge in [-0.1, -0.05) is 11.2 Å². The minimum Gasteiger partial charge on any atom is -0.398 e. The fourth-order valence-electron chi connectivity index (χ4n) is 1.96. The first-order valence-corrected chi connectivity index (χ1v) is 6.53. The molecule has 21 heavy (non-hydrogen) atoms. The van der Waals surface area contributed by atoms with E-state index in [1.54, 1.807) is 0 Å². The maximum absolute atomic E-state index is 11.9. The number of nitrogens with zero attached hydrogens (tertiary/aromatic N) is 2. The monoisotopic (exact) mass is 297 g/mol. The molecule has 2 aromatic rings. The van der Waals surface area contributed by atoms with Crippen molar-refractivity contribution in [3.8, 4) is 11.5 Å². The van der Waals surface area contributed by atoms with E-state index in [4.69, 9.17) is 15.0 Å². The zero-order valence-electron chi connectivity index (χ0n) is 11.9. The van der Waals surface area contributed by atoms with Crippen LogP contribution in [0.2, 0.25) is 0 Å². The van der Waals surface area contributed by atoms with E-state index in [1.165, 1.54) is 0 Å². The van der Waals surface area contributed by atoms with Crippen LogP contribution in [0.5, 0.6) is 0 Å². The summed E-state index contributed by atoms with van der Waals surface area (Å²) in [5, 5.41) is 3.80. The Morgan fingerprint density at radius 2 is 2.10 bits per heavy atom. The van der Waals surface area contributed by atoms with Crippen LogP contribution in [0.15, 0.2) is 16.7 Å². The molecule has 0 amide bonds. The first-order valence-electron chi connectivity index (χ1n) is 6.53. The van der Waals surface area contributed by atoms with E-state index in [0.29, 0.717) is 29.4 Å². The molecule has 0 radical (unpaired) electrons. The molecule has 5 nitrogen and oxygen atoms in total. The Morgan fingerprint density at radius 3 is 2.81 bits per heavy atom. The van der Waals surface area contributed by atoms with Gasteiger partial charge >= 0.3 is 0 Å². The van der Waals surface area contributed by atoms with Gasteiger partial charge in [0, 0.05) is 12.1 Å². The van der Waals surface area contributed by atoms with Crippen molar-refractivity contribution in [3.63, 3.8) is 0 Å². The summed E-state index contributed by atoms with van der Waals surface area (Å²) in [4.78, 5) is 4.21. The highest BCUT2D eigenvalue weighted by Crippen LogP contribution is 2.28. The van der Waals surface area contributed by atoms with Crippen molar-refractivity contribution in [3.05, 3.63) is 29.1 Å². The Hall–Kier alpha value is -2.02. The van der Waals surface area contributed by atoms with Crippen LogP contribution in [0.1, 0.15) is 17.0 Å². The number of alkyl halides is 2. The van der Waals surface area contributed by atoms with Crippen LogP contribution >= 0.6 is 0 Å². The second kappa shape index (κ2) is 6.62. The molecule has 0 unspecified atom stereocenters. The quantitative estimate of drug-likeness (QED) is 0.655. The lowest BCUT2D eigenvalue weighted by molar-refractivity contribution is 0.0182. The topological polar surface area (TPSA) is 74.2 Å². The molecule has 0 aliphatic carbocycles. The number of ether oxygens (including phenoxy) is 1. The van der Waals surface area contributed by atoms with E-state index >= 15 is 0 Å². The summed E-state index contributed by atoms with van der Waals surface area (Å²) in [5.74, 6) is 0.723. The number of benzene rings is 1. The first-order chi connectivity index (χ1) is 9.97. The van der Waals surface area contributed by atoms with Crippen molar-refractivity contribution in [2.24, 2.45) is 0 Å². The molecule has 1 aromatic carbocycles. The molecule has 0 aliphatic heterocycles. The van der Waals surface area contributed by atoms with Crippen LogP contribution in [-0.2, 0) is 11.2 Å². The molecule has 114 valence electrons. The number of nitrogen functional groups attached to an aromatic ring is 1. The molecule has 0 atom stereocenters. The third-order valence-electron chi connectivity index (χ3n) is 2.94. The van der Waals surface area contributed by atoms with Crippen LogP contribution in [0.3, 0.4) is 0 Å². The maximum Gasteiger partial charge on any atom is 0.261 e. The Morgan fingerprint density at radius 1 is 1.33 bits per heavy atom. The highest BCUT2D eigenvalue weighted by atomic mass is 19.3. The Balaban J connectivity index is 2.06. The zero-order valence-corrected chi connectivity index (χ0v) is 11.9. The minimum absolute atomic E-state index is 0.117. The number of aromatic nitrogens is 2. The Bertz CT molecular complexity index is 614. The van der Waals surface area contributed by atoms with Gasteiger partial charge in [0.05, 0.1) is 12.2 Å². The van der Waals surface area contributed by atoms with Crippen LogP contribution < -0.4 is 5.73 Å². The summed E-state index contributed by atoms with van der Waals surface area (Å²) >= 11 is 0. The van der Waals surface area contributed by atoms with Gasteiger partial charge in [-0.25, -0.2) is 8.78 Å². The first kappa shape index (κ1) is 15.4. The molecule has 0 spiro atoms. The van der Waals surface area contributed by atoms with Gasteiger partial charge in [0.1, 0.15) is 6.61 Å². The van der Waals surface area contributed by atoms with Gasteiger partial charge in [-0.2, -0.15) is 4.98 Å². The fraction of sp³-hybridized carbons (Fsp3) is 0.429. The van der Waals surface area contributed by atoms with Gasteiger partial charge < -0.3 is 15.0 Å². The number of aryl methyl sites for hydroxylation is 2. The van der Waals surface area contributed by atoms with E-state index < -0.39 is 13.0 Å². The van der Waals surface area contributed by atoms with Gasteiger partial charge in [0.25, 0.3) is 12.3 Å². The zero-order chi connectivity index (χ0) is 15.4. The Kier molecular flexibility index (Phi) is 4.85. The average Bonchev–Trinajstić information content (AvgIpc) is 2.87. The molecule has 2 rings (SSSR count). The van der Waals surface area contributed by atoms with Crippen LogP contribution in [0, 0.1) is 13.8 Å².